The predicted octanol–water partition coefficient (Wildman–Crippen LogP) is 1.34. The minimum Gasteiger partial charge on any atom is -0.354 e. The monoisotopic (exact) mass is 380 g/mol. The van der Waals surface area contributed by atoms with E-state index in [2.05, 4.69) is 5.32 Å². The Morgan fingerprint density at radius 2 is 1.89 bits per heavy atom. The molecule has 1 N–H and O–H groups in total. The second-order valence-corrected chi connectivity index (χ2v) is 6.64. The van der Waals surface area contributed by atoms with Gasteiger partial charge < -0.3 is 15.1 Å². The van der Waals surface area contributed by atoms with E-state index < -0.39 is 17.7 Å². The molecule has 2 aliphatic rings. The van der Waals surface area contributed by atoms with Crippen molar-refractivity contribution in [2.45, 2.75) is 19.3 Å². The Morgan fingerprint density at radius 3 is 2.59 bits per heavy atom. The summed E-state index contributed by atoms with van der Waals surface area (Å²) < 4.78 is 26.4. The number of hydrogen-bond donors (Lipinski definition) is 1. The lowest BCUT2D eigenvalue weighted by molar-refractivity contribution is -0.127. The van der Waals surface area contributed by atoms with E-state index in [4.69, 9.17) is 0 Å². The molecule has 1 aromatic carbocycles. The van der Waals surface area contributed by atoms with Crippen molar-refractivity contribution in [2.75, 3.05) is 44.2 Å². The van der Waals surface area contributed by atoms with Gasteiger partial charge in [-0.25, -0.2) is 13.6 Å². The van der Waals surface area contributed by atoms with Gasteiger partial charge in [0.1, 0.15) is 6.54 Å². The molecule has 1 aromatic rings. The Bertz CT molecular complexity index is 743. The van der Waals surface area contributed by atoms with Crippen molar-refractivity contribution in [1.82, 2.24) is 15.1 Å². The summed E-state index contributed by atoms with van der Waals surface area (Å²) in [5.74, 6) is -2.13. The second kappa shape index (κ2) is 8.32. The van der Waals surface area contributed by atoms with Crippen LogP contribution in [0, 0.1) is 11.6 Å². The summed E-state index contributed by atoms with van der Waals surface area (Å²) in [6.07, 6.45) is 2.14. The molecule has 9 heteroatoms. The first kappa shape index (κ1) is 19.1. The van der Waals surface area contributed by atoms with Crippen molar-refractivity contribution >= 4 is 23.5 Å². The van der Waals surface area contributed by atoms with Crippen LogP contribution in [-0.4, -0.2) is 66.9 Å². The van der Waals surface area contributed by atoms with E-state index in [0.29, 0.717) is 39.0 Å². The Balaban J connectivity index is 1.42. The molecular weight excluding hydrogens is 358 g/mol. The number of anilines is 1. The molecule has 2 saturated heterocycles. The summed E-state index contributed by atoms with van der Waals surface area (Å²) in [6.45, 7) is 2.35. The summed E-state index contributed by atoms with van der Waals surface area (Å²) >= 11 is 0. The van der Waals surface area contributed by atoms with Crippen LogP contribution in [0.15, 0.2) is 18.2 Å². The molecule has 0 unspecified atom stereocenters. The molecule has 2 fully saturated rings. The number of rotatable bonds is 7. The molecule has 146 valence electrons. The van der Waals surface area contributed by atoms with Crippen molar-refractivity contribution in [3.8, 4) is 0 Å². The number of hydrogen-bond acceptors (Lipinski definition) is 3. The zero-order valence-electron chi connectivity index (χ0n) is 14.9. The van der Waals surface area contributed by atoms with Crippen molar-refractivity contribution in [2.24, 2.45) is 0 Å². The Labute approximate surface area is 155 Å². The minimum absolute atomic E-state index is 0.0956. The van der Waals surface area contributed by atoms with E-state index in [1.165, 1.54) is 15.9 Å². The predicted molar refractivity (Wildman–Crippen MR) is 94.1 cm³/mol. The highest BCUT2D eigenvalue weighted by Crippen LogP contribution is 2.22. The first-order valence-corrected chi connectivity index (χ1v) is 9.01. The van der Waals surface area contributed by atoms with Gasteiger partial charge in [-0.1, -0.05) is 0 Å². The molecule has 0 atom stereocenters. The number of likely N-dealkylation sites (tertiary alicyclic amines) is 1. The van der Waals surface area contributed by atoms with Gasteiger partial charge in [-0.15, -0.1) is 0 Å². The normalized spacial score (nSPS) is 17.2. The largest absolute Gasteiger partial charge is 0.354 e. The fourth-order valence-electron chi connectivity index (χ4n) is 3.29. The molecule has 0 radical (unpaired) electrons. The van der Waals surface area contributed by atoms with Gasteiger partial charge in [-0.3, -0.25) is 14.5 Å². The van der Waals surface area contributed by atoms with E-state index in [9.17, 15) is 23.2 Å². The molecule has 2 aliphatic heterocycles. The average molecular weight is 380 g/mol. The van der Waals surface area contributed by atoms with Crippen LogP contribution in [0.25, 0.3) is 0 Å². The summed E-state index contributed by atoms with van der Waals surface area (Å²) in [7, 11) is 0. The number of carbonyl (C=O) groups excluding carboxylic acids is 3. The fraction of sp³-hybridized carbons (Fsp3) is 0.500. The van der Waals surface area contributed by atoms with E-state index in [1.54, 1.807) is 4.90 Å². The van der Waals surface area contributed by atoms with Gasteiger partial charge in [0.2, 0.25) is 11.8 Å². The second-order valence-electron chi connectivity index (χ2n) is 6.64. The third-order valence-corrected chi connectivity index (χ3v) is 4.74. The molecule has 0 aromatic heterocycles. The number of halogens is 2. The van der Waals surface area contributed by atoms with Crippen molar-refractivity contribution in [3.05, 3.63) is 29.8 Å². The lowest BCUT2D eigenvalue weighted by Crippen LogP contribution is -2.40. The molecule has 3 rings (SSSR count). The number of carbonyl (C=O) groups is 3. The summed E-state index contributed by atoms with van der Waals surface area (Å²) in [6, 6.07) is 2.85. The molecule has 0 aliphatic carbocycles. The van der Waals surface area contributed by atoms with Crippen molar-refractivity contribution in [3.63, 3.8) is 0 Å². The molecule has 0 bridgehead atoms. The number of urea groups is 1. The highest BCUT2D eigenvalue weighted by Gasteiger charge is 2.31. The molecule has 27 heavy (non-hydrogen) atoms. The highest BCUT2D eigenvalue weighted by molar-refractivity contribution is 5.96. The zero-order valence-corrected chi connectivity index (χ0v) is 14.9. The molecule has 7 nitrogen and oxygen atoms in total. The number of nitrogens with zero attached hydrogens (tertiary/aromatic N) is 3. The van der Waals surface area contributed by atoms with Crippen LogP contribution in [0.3, 0.4) is 0 Å². The van der Waals surface area contributed by atoms with Gasteiger partial charge >= 0.3 is 6.03 Å². The fourth-order valence-corrected chi connectivity index (χ4v) is 3.29. The summed E-state index contributed by atoms with van der Waals surface area (Å²) in [5, 5.41) is 2.74. The third-order valence-electron chi connectivity index (χ3n) is 4.74. The van der Waals surface area contributed by atoms with Crippen LogP contribution < -0.4 is 10.2 Å². The maximum Gasteiger partial charge on any atom is 0.325 e. The Morgan fingerprint density at radius 1 is 1.07 bits per heavy atom. The van der Waals surface area contributed by atoms with Crippen molar-refractivity contribution in [1.29, 1.82) is 0 Å². The van der Waals surface area contributed by atoms with E-state index in [1.807, 2.05) is 0 Å². The molecule has 4 amide bonds. The highest BCUT2D eigenvalue weighted by atomic mass is 19.2. The number of amides is 4. The first-order chi connectivity index (χ1) is 13.0. The van der Waals surface area contributed by atoms with Gasteiger partial charge in [0.15, 0.2) is 11.6 Å². The smallest absolute Gasteiger partial charge is 0.325 e. The Kier molecular flexibility index (Phi) is 5.88. The van der Waals surface area contributed by atoms with Gasteiger partial charge in [-0.05, 0) is 25.0 Å². The first-order valence-electron chi connectivity index (χ1n) is 9.01. The van der Waals surface area contributed by atoms with Gasteiger partial charge in [0.25, 0.3) is 0 Å². The Hall–Kier alpha value is -2.71. The van der Waals surface area contributed by atoms with E-state index >= 15 is 0 Å². The van der Waals surface area contributed by atoms with E-state index in [0.717, 1.165) is 25.1 Å². The third kappa shape index (κ3) is 4.53. The molecule has 0 saturated carbocycles. The van der Waals surface area contributed by atoms with Gasteiger partial charge in [-0.2, -0.15) is 0 Å². The van der Waals surface area contributed by atoms with Crippen LogP contribution in [0.1, 0.15) is 19.3 Å². The molecule has 2 heterocycles. The number of benzene rings is 1. The minimum atomic E-state index is -1.02. The van der Waals surface area contributed by atoms with Crippen LogP contribution in [0.5, 0.6) is 0 Å². The molecular formula is C18H22F2N4O3. The molecule has 0 spiro atoms. The lowest BCUT2D eigenvalue weighted by atomic mass is 10.3. The topological polar surface area (TPSA) is 73.0 Å². The average Bonchev–Trinajstić information content (AvgIpc) is 3.21. The lowest BCUT2D eigenvalue weighted by Gasteiger charge is -2.19. The summed E-state index contributed by atoms with van der Waals surface area (Å²) in [4.78, 5) is 40.4. The van der Waals surface area contributed by atoms with Gasteiger partial charge in [0, 0.05) is 50.9 Å². The number of nitrogens with one attached hydrogen (secondary N) is 1. The maximum atomic E-state index is 13.4. The van der Waals surface area contributed by atoms with Crippen LogP contribution in [-0.2, 0) is 9.59 Å². The SMILES string of the molecule is O=C(CN1CCN(c2ccc(F)c(F)c2)C1=O)NCCCN1CCCC1=O. The quantitative estimate of drug-likeness (QED) is 0.726. The maximum absolute atomic E-state index is 13.4. The zero-order chi connectivity index (χ0) is 19.4. The van der Waals surface area contributed by atoms with Crippen LogP contribution in [0.4, 0.5) is 19.3 Å². The summed E-state index contributed by atoms with van der Waals surface area (Å²) in [5.41, 5.74) is 0.261. The van der Waals surface area contributed by atoms with E-state index in [-0.39, 0.29) is 24.0 Å². The standard InChI is InChI=1S/C18H22F2N4O3/c19-14-5-4-13(11-15(14)20)24-10-9-23(18(24)27)12-16(25)21-6-2-8-22-7-1-3-17(22)26/h4-5,11H,1-3,6-10,12H2,(H,21,25). The van der Waals surface area contributed by atoms with Crippen LogP contribution >= 0.6 is 0 Å². The van der Waals surface area contributed by atoms with Crippen LogP contribution in [0.2, 0.25) is 0 Å². The van der Waals surface area contributed by atoms with Crippen molar-refractivity contribution < 1.29 is 23.2 Å². The van der Waals surface area contributed by atoms with Gasteiger partial charge in [0.05, 0.1) is 0 Å².